The minimum Gasteiger partial charge on any atom is -0.477 e. The Kier molecular flexibility index (Phi) is 2.05. The molecule has 0 unspecified atom stereocenters. The fourth-order valence-corrected chi connectivity index (χ4v) is 2.21. The van der Waals surface area contributed by atoms with E-state index in [-0.39, 0.29) is 17.1 Å². The number of fused-ring (bicyclic) bond motifs is 2. The summed E-state index contributed by atoms with van der Waals surface area (Å²) in [5.74, 6) is -1.90. The van der Waals surface area contributed by atoms with E-state index in [1.165, 1.54) is 0 Å². The van der Waals surface area contributed by atoms with Crippen molar-refractivity contribution < 1.29 is 28.8 Å². The van der Waals surface area contributed by atoms with Crippen molar-refractivity contribution >= 4 is 5.97 Å². The average Bonchev–Trinajstić information content (AvgIpc) is 2.65. The summed E-state index contributed by atoms with van der Waals surface area (Å²) in [6.45, 7) is 6.82. The Morgan fingerprint density at radius 3 is 1.74 bits per heavy atom. The van der Waals surface area contributed by atoms with Crippen molar-refractivity contribution in [1.29, 1.82) is 0 Å². The second-order valence-electron chi connectivity index (χ2n) is 5.42. The van der Waals surface area contributed by atoms with Gasteiger partial charge < -0.3 is 24.1 Å². The Morgan fingerprint density at radius 1 is 0.947 bits per heavy atom. The third-order valence-corrected chi connectivity index (χ3v) is 2.78. The van der Waals surface area contributed by atoms with Gasteiger partial charge in [0, 0.05) is 33.8 Å². The minimum atomic E-state index is -1.14. The molecule has 0 fully saturated rings. The van der Waals surface area contributed by atoms with Gasteiger partial charge >= 0.3 is 5.97 Å². The van der Waals surface area contributed by atoms with Crippen molar-refractivity contribution in [1.82, 2.24) is 0 Å². The van der Waals surface area contributed by atoms with Gasteiger partial charge in [-0.25, -0.2) is 4.79 Å². The van der Waals surface area contributed by atoms with Crippen molar-refractivity contribution in [3.8, 4) is 23.0 Å². The smallest absolute Gasteiger partial charge is 0.343 e. The summed E-state index contributed by atoms with van der Waals surface area (Å²) in [4.78, 5) is 11.5. The number of aromatic carboxylic acids is 1. The number of benzene rings is 1. The van der Waals surface area contributed by atoms with Crippen LogP contribution in [0.5, 0.6) is 23.0 Å². The Balaban J connectivity index is 2.21. The van der Waals surface area contributed by atoms with Crippen LogP contribution >= 0.6 is 0 Å². The number of carbonyl (C=O) groups is 1. The first-order valence-corrected chi connectivity index (χ1v) is 5.89. The molecule has 0 saturated heterocycles. The predicted octanol–water partition coefficient (Wildman–Crippen LogP) is 2.40. The maximum Gasteiger partial charge on any atom is 0.343 e. The van der Waals surface area contributed by atoms with Crippen LogP contribution in [0.25, 0.3) is 0 Å². The fourth-order valence-electron chi connectivity index (χ4n) is 2.21. The highest BCUT2D eigenvalue weighted by Gasteiger charge is 2.43. The fraction of sp³-hybridized carbons (Fsp3) is 0.462. The number of hydrogen-bond acceptors (Lipinski definition) is 5. The monoisotopic (exact) mass is 266 g/mol. The summed E-state index contributed by atoms with van der Waals surface area (Å²) in [6.07, 6.45) is 0. The van der Waals surface area contributed by atoms with E-state index in [9.17, 15) is 9.90 Å². The lowest BCUT2D eigenvalue weighted by molar-refractivity contribution is -0.0486. The molecular weight excluding hydrogens is 252 g/mol. The van der Waals surface area contributed by atoms with Crippen LogP contribution in [-0.4, -0.2) is 22.7 Å². The molecule has 1 N–H and O–H groups in total. The Hall–Kier alpha value is -2.11. The highest BCUT2D eigenvalue weighted by Crippen LogP contribution is 2.53. The zero-order chi connectivity index (χ0) is 14.0. The van der Waals surface area contributed by atoms with E-state index < -0.39 is 17.5 Å². The lowest BCUT2D eigenvalue weighted by Gasteiger charge is -2.18. The van der Waals surface area contributed by atoms with Crippen LogP contribution in [0.15, 0.2) is 6.07 Å². The average molecular weight is 266 g/mol. The van der Waals surface area contributed by atoms with E-state index >= 15 is 0 Å². The third-order valence-electron chi connectivity index (χ3n) is 2.78. The maximum atomic E-state index is 11.5. The summed E-state index contributed by atoms with van der Waals surface area (Å²) < 4.78 is 22.2. The molecule has 6 heteroatoms. The van der Waals surface area contributed by atoms with Crippen molar-refractivity contribution in [2.45, 2.75) is 39.3 Å². The summed E-state index contributed by atoms with van der Waals surface area (Å²) in [6, 6.07) is 1.60. The van der Waals surface area contributed by atoms with Crippen molar-refractivity contribution in [3.63, 3.8) is 0 Å². The Morgan fingerprint density at radius 2 is 1.37 bits per heavy atom. The van der Waals surface area contributed by atoms with Crippen LogP contribution in [0, 0.1) is 0 Å². The summed E-state index contributed by atoms with van der Waals surface area (Å²) in [5, 5.41) is 9.38. The highest BCUT2D eigenvalue weighted by molar-refractivity contribution is 5.97. The quantitative estimate of drug-likeness (QED) is 0.841. The van der Waals surface area contributed by atoms with E-state index in [1.54, 1.807) is 33.8 Å². The zero-order valence-electron chi connectivity index (χ0n) is 11.1. The number of hydrogen-bond donors (Lipinski definition) is 1. The molecule has 2 aliphatic rings. The second kappa shape index (κ2) is 3.26. The standard InChI is InChI=1S/C13H14O6/c1-12(2)16-6-5-7-10(19-13(3,4)17-7)8(11(14)15)9(6)18-12/h5H,1-4H3,(H,14,15). The molecule has 102 valence electrons. The molecule has 0 aromatic heterocycles. The largest absolute Gasteiger partial charge is 0.477 e. The molecule has 0 aliphatic carbocycles. The Labute approximate surface area is 109 Å². The molecule has 0 atom stereocenters. The summed E-state index contributed by atoms with van der Waals surface area (Å²) in [7, 11) is 0. The maximum absolute atomic E-state index is 11.5. The first-order chi connectivity index (χ1) is 8.69. The molecule has 3 rings (SSSR count). The van der Waals surface area contributed by atoms with E-state index in [2.05, 4.69) is 0 Å². The van der Waals surface area contributed by atoms with Crippen LogP contribution in [-0.2, 0) is 0 Å². The van der Waals surface area contributed by atoms with Gasteiger partial charge in [0.15, 0.2) is 28.6 Å². The molecule has 2 heterocycles. The van der Waals surface area contributed by atoms with E-state index in [0.29, 0.717) is 11.5 Å². The molecule has 0 bridgehead atoms. The third kappa shape index (κ3) is 1.75. The van der Waals surface area contributed by atoms with Gasteiger partial charge in [-0.3, -0.25) is 0 Å². The van der Waals surface area contributed by atoms with E-state index in [0.717, 1.165) is 0 Å². The van der Waals surface area contributed by atoms with Crippen molar-refractivity contribution in [3.05, 3.63) is 11.6 Å². The molecule has 0 saturated carbocycles. The molecule has 19 heavy (non-hydrogen) atoms. The van der Waals surface area contributed by atoms with E-state index in [4.69, 9.17) is 18.9 Å². The molecule has 1 aromatic rings. The van der Waals surface area contributed by atoms with Gasteiger partial charge in [0.05, 0.1) is 0 Å². The van der Waals surface area contributed by atoms with Gasteiger partial charge in [0.1, 0.15) is 0 Å². The van der Waals surface area contributed by atoms with Crippen LogP contribution < -0.4 is 18.9 Å². The molecule has 0 spiro atoms. The van der Waals surface area contributed by atoms with Gasteiger partial charge in [0.25, 0.3) is 0 Å². The number of carboxylic acids is 1. The van der Waals surface area contributed by atoms with Crippen LogP contribution in [0.2, 0.25) is 0 Å². The molecular formula is C13H14O6. The lowest BCUT2D eigenvalue weighted by Crippen LogP contribution is -2.31. The lowest BCUT2D eigenvalue weighted by atomic mass is 10.1. The SMILES string of the molecule is CC1(C)Oc2cc3c(c(C(=O)O)c2O1)OC(C)(C)O3. The van der Waals surface area contributed by atoms with Crippen LogP contribution in [0.1, 0.15) is 38.1 Å². The van der Waals surface area contributed by atoms with Gasteiger partial charge in [-0.1, -0.05) is 0 Å². The topological polar surface area (TPSA) is 74.2 Å². The molecule has 1 aromatic carbocycles. The number of rotatable bonds is 1. The van der Waals surface area contributed by atoms with Gasteiger partial charge in [-0.2, -0.15) is 0 Å². The summed E-state index contributed by atoms with van der Waals surface area (Å²) in [5.41, 5.74) is -0.0661. The van der Waals surface area contributed by atoms with Gasteiger partial charge in [0.2, 0.25) is 11.6 Å². The van der Waals surface area contributed by atoms with Gasteiger partial charge in [-0.05, 0) is 0 Å². The second-order valence-corrected chi connectivity index (χ2v) is 5.42. The predicted molar refractivity (Wildman–Crippen MR) is 64.1 cm³/mol. The van der Waals surface area contributed by atoms with Crippen molar-refractivity contribution in [2.24, 2.45) is 0 Å². The normalized spacial score (nSPS) is 20.4. The minimum absolute atomic E-state index is 0.0661. The first-order valence-electron chi connectivity index (χ1n) is 5.89. The Bertz CT molecular complexity index is 545. The summed E-state index contributed by atoms with van der Waals surface area (Å²) >= 11 is 0. The number of carboxylic acid groups (broad SMARTS) is 1. The van der Waals surface area contributed by atoms with E-state index in [1.807, 2.05) is 0 Å². The van der Waals surface area contributed by atoms with Gasteiger partial charge in [-0.15, -0.1) is 0 Å². The number of ether oxygens (including phenoxy) is 4. The molecule has 2 aliphatic heterocycles. The van der Waals surface area contributed by atoms with Crippen LogP contribution in [0.4, 0.5) is 0 Å². The zero-order valence-corrected chi connectivity index (χ0v) is 11.1. The first kappa shape index (κ1) is 12.0. The van der Waals surface area contributed by atoms with Crippen LogP contribution in [0.3, 0.4) is 0 Å². The molecule has 0 amide bonds. The van der Waals surface area contributed by atoms with Crippen molar-refractivity contribution in [2.75, 3.05) is 0 Å². The molecule has 0 radical (unpaired) electrons. The highest BCUT2D eigenvalue weighted by atomic mass is 16.7. The molecule has 6 nitrogen and oxygen atoms in total.